The largest absolute Gasteiger partial charge is 0.355 e. The minimum atomic E-state index is -0.0744. The predicted molar refractivity (Wildman–Crippen MR) is 132 cm³/mol. The third-order valence-electron chi connectivity index (χ3n) is 5.28. The molecule has 0 aliphatic carbocycles. The van der Waals surface area contributed by atoms with E-state index >= 15 is 0 Å². The van der Waals surface area contributed by atoms with E-state index in [4.69, 9.17) is 16.6 Å². The molecule has 0 fully saturated rings. The van der Waals surface area contributed by atoms with E-state index in [0.717, 1.165) is 22.3 Å². The number of hydrogen-bond acceptors (Lipinski definition) is 3. The fraction of sp³-hybridized carbons (Fsp3) is 0.0769. The molecule has 6 heteroatoms. The SMILES string of the molecule is O=c1c2[nH]cc(-c3ccccc3)c2nc(SCc2cccc(Cl)c2)n1Cc1ccccc1. The average molecular weight is 458 g/mol. The molecule has 0 amide bonds. The van der Waals surface area contributed by atoms with Gasteiger partial charge in [-0.1, -0.05) is 96.2 Å². The van der Waals surface area contributed by atoms with Crippen molar-refractivity contribution in [2.45, 2.75) is 17.5 Å². The number of fused-ring (bicyclic) bond motifs is 1. The molecule has 0 spiro atoms. The summed E-state index contributed by atoms with van der Waals surface area (Å²) < 4.78 is 1.75. The number of halogens is 1. The van der Waals surface area contributed by atoms with Crippen LogP contribution in [0.4, 0.5) is 0 Å². The number of nitrogens with zero attached hydrogens (tertiary/aromatic N) is 2. The van der Waals surface area contributed by atoms with Crippen LogP contribution in [0.2, 0.25) is 5.02 Å². The monoisotopic (exact) mass is 457 g/mol. The second-order valence-electron chi connectivity index (χ2n) is 7.48. The molecule has 1 N–H and O–H groups in total. The smallest absolute Gasteiger partial charge is 0.278 e. The van der Waals surface area contributed by atoms with Crippen LogP contribution in [0, 0.1) is 0 Å². The molecule has 2 heterocycles. The van der Waals surface area contributed by atoms with Gasteiger partial charge in [-0.2, -0.15) is 0 Å². The van der Waals surface area contributed by atoms with E-state index in [0.29, 0.717) is 33.5 Å². The topological polar surface area (TPSA) is 50.7 Å². The van der Waals surface area contributed by atoms with Gasteiger partial charge in [-0.25, -0.2) is 4.98 Å². The van der Waals surface area contributed by atoms with Crippen molar-refractivity contribution in [1.29, 1.82) is 0 Å². The van der Waals surface area contributed by atoms with Gasteiger partial charge in [-0.15, -0.1) is 0 Å². The Bertz CT molecular complexity index is 1430. The van der Waals surface area contributed by atoms with Crippen molar-refractivity contribution in [1.82, 2.24) is 14.5 Å². The van der Waals surface area contributed by atoms with Crippen LogP contribution in [0.25, 0.3) is 22.2 Å². The lowest BCUT2D eigenvalue weighted by Crippen LogP contribution is -2.24. The maximum atomic E-state index is 13.5. The van der Waals surface area contributed by atoms with Crippen LogP contribution >= 0.6 is 23.4 Å². The summed E-state index contributed by atoms with van der Waals surface area (Å²) in [7, 11) is 0. The third kappa shape index (κ3) is 4.22. The maximum absolute atomic E-state index is 13.5. The Labute approximate surface area is 194 Å². The third-order valence-corrected chi connectivity index (χ3v) is 6.56. The van der Waals surface area contributed by atoms with E-state index in [1.54, 1.807) is 16.3 Å². The van der Waals surface area contributed by atoms with Gasteiger partial charge in [-0.3, -0.25) is 9.36 Å². The van der Waals surface area contributed by atoms with Crippen LogP contribution < -0.4 is 5.56 Å². The van der Waals surface area contributed by atoms with Crippen LogP contribution in [0.3, 0.4) is 0 Å². The van der Waals surface area contributed by atoms with Crippen molar-refractivity contribution in [3.05, 3.63) is 118 Å². The summed E-state index contributed by atoms with van der Waals surface area (Å²) in [6.07, 6.45) is 1.87. The molecule has 3 aromatic carbocycles. The zero-order valence-corrected chi connectivity index (χ0v) is 18.7. The van der Waals surface area contributed by atoms with Crippen molar-refractivity contribution >= 4 is 34.4 Å². The van der Waals surface area contributed by atoms with Crippen LogP contribution in [0.5, 0.6) is 0 Å². The summed E-state index contributed by atoms with van der Waals surface area (Å²) in [5, 5.41) is 1.38. The Kier molecular flexibility index (Phi) is 5.84. The Morgan fingerprint density at radius 2 is 1.62 bits per heavy atom. The first-order chi connectivity index (χ1) is 15.7. The van der Waals surface area contributed by atoms with Gasteiger partial charge in [0.1, 0.15) is 11.0 Å². The highest BCUT2D eigenvalue weighted by Crippen LogP contribution is 2.29. The normalized spacial score (nSPS) is 11.2. The van der Waals surface area contributed by atoms with Crippen molar-refractivity contribution in [3.63, 3.8) is 0 Å². The van der Waals surface area contributed by atoms with Gasteiger partial charge in [0.2, 0.25) is 0 Å². The highest BCUT2D eigenvalue weighted by molar-refractivity contribution is 7.98. The molecule has 158 valence electrons. The molecule has 0 aliphatic heterocycles. The van der Waals surface area contributed by atoms with Gasteiger partial charge >= 0.3 is 0 Å². The molecule has 5 aromatic rings. The van der Waals surface area contributed by atoms with Gasteiger partial charge in [0.15, 0.2) is 5.16 Å². The molecule has 4 nitrogen and oxygen atoms in total. The average Bonchev–Trinajstić information content (AvgIpc) is 3.25. The van der Waals surface area contributed by atoms with Gasteiger partial charge in [0, 0.05) is 22.5 Å². The highest BCUT2D eigenvalue weighted by atomic mass is 35.5. The maximum Gasteiger partial charge on any atom is 0.278 e. The standard InChI is InChI=1S/C26H20ClN3OS/c27-21-13-7-10-19(14-21)17-32-26-29-23-22(20-11-5-2-6-12-20)15-28-24(23)25(31)30(26)16-18-8-3-1-4-9-18/h1-15,28H,16-17H2. The number of aromatic nitrogens is 3. The van der Waals surface area contributed by atoms with Gasteiger partial charge in [0.25, 0.3) is 5.56 Å². The van der Waals surface area contributed by atoms with Crippen molar-refractivity contribution in [2.24, 2.45) is 0 Å². The fourth-order valence-electron chi connectivity index (χ4n) is 3.70. The Morgan fingerprint density at radius 3 is 2.38 bits per heavy atom. The molecule has 0 atom stereocenters. The first-order valence-corrected chi connectivity index (χ1v) is 11.6. The van der Waals surface area contributed by atoms with E-state index in [1.807, 2.05) is 91.1 Å². The number of aromatic amines is 1. The van der Waals surface area contributed by atoms with E-state index in [2.05, 4.69) is 4.98 Å². The second-order valence-corrected chi connectivity index (χ2v) is 8.86. The molecular formula is C26H20ClN3OS. The van der Waals surface area contributed by atoms with Crippen LogP contribution in [-0.4, -0.2) is 14.5 Å². The van der Waals surface area contributed by atoms with Crippen molar-refractivity contribution in [2.75, 3.05) is 0 Å². The Morgan fingerprint density at radius 1 is 0.906 bits per heavy atom. The molecule has 0 aliphatic rings. The highest BCUT2D eigenvalue weighted by Gasteiger charge is 2.17. The molecule has 32 heavy (non-hydrogen) atoms. The minimum Gasteiger partial charge on any atom is -0.355 e. The zero-order chi connectivity index (χ0) is 21.9. The molecular weight excluding hydrogens is 438 g/mol. The lowest BCUT2D eigenvalue weighted by Gasteiger charge is -2.13. The summed E-state index contributed by atoms with van der Waals surface area (Å²) >= 11 is 7.70. The number of rotatable bonds is 6. The number of thioether (sulfide) groups is 1. The molecule has 5 rings (SSSR count). The molecule has 0 saturated carbocycles. The van der Waals surface area contributed by atoms with Gasteiger partial charge < -0.3 is 4.98 Å². The van der Waals surface area contributed by atoms with E-state index < -0.39 is 0 Å². The van der Waals surface area contributed by atoms with Crippen molar-refractivity contribution in [3.8, 4) is 11.1 Å². The number of H-pyrrole nitrogens is 1. The van der Waals surface area contributed by atoms with Crippen LogP contribution in [0.1, 0.15) is 11.1 Å². The summed E-state index contributed by atoms with van der Waals surface area (Å²) in [6.45, 7) is 0.459. The predicted octanol–water partition coefficient (Wildman–Crippen LogP) is 6.39. The molecule has 0 saturated heterocycles. The summed E-state index contributed by atoms with van der Waals surface area (Å²) in [5.74, 6) is 0.665. The minimum absolute atomic E-state index is 0.0744. The first kappa shape index (κ1) is 20.6. The fourth-order valence-corrected chi connectivity index (χ4v) is 4.85. The van der Waals surface area contributed by atoms with Crippen LogP contribution in [-0.2, 0) is 12.3 Å². The van der Waals surface area contributed by atoms with E-state index in [1.165, 1.54) is 0 Å². The van der Waals surface area contributed by atoms with E-state index in [-0.39, 0.29) is 5.56 Å². The Hall–Kier alpha value is -3.28. The summed E-state index contributed by atoms with van der Waals surface area (Å²) in [4.78, 5) is 21.7. The molecule has 0 unspecified atom stereocenters. The lowest BCUT2D eigenvalue weighted by atomic mass is 10.1. The number of nitrogens with one attached hydrogen (secondary N) is 1. The van der Waals surface area contributed by atoms with Gasteiger partial charge in [-0.05, 0) is 28.8 Å². The molecule has 2 aromatic heterocycles. The zero-order valence-electron chi connectivity index (χ0n) is 17.2. The van der Waals surface area contributed by atoms with E-state index in [9.17, 15) is 4.79 Å². The lowest BCUT2D eigenvalue weighted by molar-refractivity contribution is 0.657. The van der Waals surface area contributed by atoms with Crippen molar-refractivity contribution < 1.29 is 0 Å². The molecule has 0 radical (unpaired) electrons. The quantitative estimate of drug-likeness (QED) is 0.237. The second kappa shape index (κ2) is 9.07. The number of benzene rings is 3. The molecule has 0 bridgehead atoms. The van der Waals surface area contributed by atoms with Crippen LogP contribution in [0.15, 0.2) is 101 Å². The van der Waals surface area contributed by atoms with Gasteiger partial charge in [0.05, 0.1) is 6.54 Å². The summed E-state index contributed by atoms with van der Waals surface area (Å²) in [5.41, 5.74) is 5.22. The Balaban J connectivity index is 1.61. The number of hydrogen-bond donors (Lipinski definition) is 1. The first-order valence-electron chi connectivity index (χ1n) is 10.3. The summed E-state index contributed by atoms with van der Waals surface area (Å²) in [6, 6.07) is 27.7.